The molecule has 3 aromatic carbocycles. The van der Waals surface area contributed by atoms with Gasteiger partial charge in [-0.1, -0.05) is 34.1 Å². The van der Waals surface area contributed by atoms with Crippen molar-refractivity contribution in [3.63, 3.8) is 0 Å². The quantitative estimate of drug-likeness (QED) is 0.488. The summed E-state index contributed by atoms with van der Waals surface area (Å²) in [6.45, 7) is 5.60. The summed E-state index contributed by atoms with van der Waals surface area (Å²) in [5.74, 6) is 0.319. The molecule has 0 saturated heterocycles. The van der Waals surface area contributed by atoms with E-state index in [0.29, 0.717) is 17.0 Å². The molecule has 1 atom stereocenters. The van der Waals surface area contributed by atoms with Crippen molar-refractivity contribution in [1.29, 1.82) is 0 Å². The Morgan fingerprint density at radius 2 is 1.55 bits per heavy atom. The molecule has 1 unspecified atom stereocenters. The molecule has 5 nitrogen and oxygen atoms in total. The maximum Gasteiger partial charge on any atom is 0.265 e. The molecule has 0 spiro atoms. The number of hydrogen-bond donors (Lipinski definition) is 1. The van der Waals surface area contributed by atoms with Gasteiger partial charge in [-0.15, -0.1) is 0 Å². The lowest BCUT2D eigenvalue weighted by Gasteiger charge is -2.19. The van der Waals surface area contributed by atoms with Crippen molar-refractivity contribution in [2.75, 3.05) is 17.3 Å². The zero-order valence-corrected chi connectivity index (χ0v) is 19.6. The van der Waals surface area contributed by atoms with Crippen molar-refractivity contribution < 1.29 is 14.3 Å². The van der Waals surface area contributed by atoms with Crippen molar-refractivity contribution in [2.24, 2.45) is 0 Å². The molecule has 160 valence electrons. The summed E-state index contributed by atoms with van der Waals surface area (Å²) in [5.41, 5.74) is 3.86. The van der Waals surface area contributed by atoms with E-state index in [1.807, 2.05) is 56.3 Å². The van der Waals surface area contributed by atoms with Gasteiger partial charge in [0.2, 0.25) is 0 Å². The molecule has 0 heterocycles. The van der Waals surface area contributed by atoms with E-state index in [-0.39, 0.29) is 11.8 Å². The Balaban J connectivity index is 1.64. The lowest BCUT2D eigenvalue weighted by atomic mass is 10.1. The summed E-state index contributed by atoms with van der Waals surface area (Å²) < 4.78 is 6.89. The molecule has 0 aliphatic rings. The number of ether oxygens (including phenoxy) is 1. The number of amides is 2. The number of aryl methyl sites for hydroxylation is 2. The number of carbonyl (C=O) groups is 2. The number of nitrogens with zero attached hydrogens (tertiary/aromatic N) is 1. The topological polar surface area (TPSA) is 58.6 Å². The van der Waals surface area contributed by atoms with Gasteiger partial charge in [0, 0.05) is 28.5 Å². The van der Waals surface area contributed by atoms with Gasteiger partial charge in [0.1, 0.15) is 5.75 Å². The minimum Gasteiger partial charge on any atom is -0.480 e. The Morgan fingerprint density at radius 1 is 0.968 bits per heavy atom. The van der Waals surface area contributed by atoms with Gasteiger partial charge in [-0.2, -0.15) is 0 Å². The van der Waals surface area contributed by atoms with E-state index in [4.69, 9.17) is 4.74 Å². The maximum atomic E-state index is 12.7. The first-order valence-corrected chi connectivity index (χ1v) is 10.7. The molecule has 2 amide bonds. The zero-order chi connectivity index (χ0) is 22.5. The average Bonchev–Trinajstić information content (AvgIpc) is 2.76. The van der Waals surface area contributed by atoms with E-state index >= 15 is 0 Å². The number of nitrogens with one attached hydrogen (secondary N) is 1. The fourth-order valence-corrected chi connectivity index (χ4v) is 3.90. The van der Waals surface area contributed by atoms with Crippen LogP contribution in [-0.2, 0) is 4.79 Å². The molecule has 3 rings (SSSR count). The third-order valence-corrected chi connectivity index (χ3v) is 5.39. The zero-order valence-electron chi connectivity index (χ0n) is 18.0. The van der Waals surface area contributed by atoms with Crippen LogP contribution in [0.25, 0.3) is 0 Å². The Kier molecular flexibility index (Phi) is 7.13. The van der Waals surface area contributed by atoms with Crippen molar-refractivity contribution in [3.05, 3.63) is 87.9 Å². The molecule has 0 fully saturated rings. The summed E-state index contributed by atoms with van der Waals surface area (Å²) >= 11 is 3.46. The predicted molar refractivity (Wildman–Crippen MR) is 128 cm³/mol. The maximum absolute atomic E-state index is 12.7. The van der Waals surface area contributed by atoms with E-state index in [1.54, 1.807) is 43.1 Å². The highest BCUT2D eigenvalue weighted by molar-refractivity contribution is 9.10. The average molecular weight is 481 g/mol. The number of halogens is 1. The fourth-order valence-electron chi connectivity index (χ4n) is 3.22. The van der Waals surface area contributed by atoms with Crippen LogP contribution < -0.4 is 15.0 Å². The minimum absolute atomic E-state index is 0.123. The second-order valence-electron chi connectivity index (χ2n) is 7.40. The Bertz CT molecular complexity index is 1060. The summed E-state index contributed by atoms with van der Waals surface area (Å²) in [5, 5.41) is 2.84. The van der Waals surface area contributed by atoms with E-state index in [0.717, 1.165) is 21.3 Å². The first-order valence-electron chi connectivity index (χ1n) is 9.93. The van der Waals surface area contributed by atoms with E-state index in [1.165, 1.54) is 0 Å². The number of hydrogen-bond acceptors (Lipinski definition) is 3. The standard InChI is InChI=1S/C25H25BrN2O3/c1-16-14-20(26)15-17(2)23(16)31-18(3)24(29)27-21-12-10-19(11-13-21)25(30)28(4)22-8-6-5-7-9-22/h5-15,18H,1-4H3,(H,27,29). The van der Waals surface area contributed by atoms with Crippen LogP contribution in [0.4, 0.5) is 11.4 Å². The molecule has 0 bridgehead atoms. The van der Waals surface area contributed by atoms with Crippen LogP contribution >= 0.6 is 15.9 Å². The summed E-state index contributed by atoms with van der Waals surface area (Å²) in [4.78, 5) is 26.9. The smallest absolute Gasteiger partial charge is 0.265 e. The number of benzene rings is 3. The highest BCUT2D eigenvalue weighted by atomic mass is 79.9. The Hall–Kier alpha value is -3.12. The largest absolute Gasteiger partial charge is 0.480 e. The monoisotopic (exact) mass is 480 g/mol. The van der Waals surface area contributed by atoms with Crippen LogP contribution in [0.2, 0.25) is 0 Å². The molecule has 1 N–H and O–H groups in total. The van der Waals surface area contributed by atoms with Gasteiger partial charge in [0.25, 0.3) is 11.8 Å². The van der Waals surface area contributed by atoms with Crippen molar-refractivity contribution in [1.82, 2.24) is 0 Å². The normalized spacial score (nSPS) is 11.5. The van der Waals surface area contributed by atoms with Crippen LogP contribution in [0.15, 0.2) is 71.2 Å². The van der Waals surface area contributed by atoms with Crippen LogP contribution in [0.3, 0.4) is 0 Å². The van der Waals surface area contributed by atoms with Crippen LogP contribution in [0.1, 0.15) is 28.4 Å². The molecule has 3 aromatic rings. The Morgan fingerprint density at radius 3 is 2.13 bits per heavy atom. The van der Waals surface area contributed by atoms with Crippen LogP contribution in [0, 0.1) is 13.8 Å². The highest BCUT2D eigenvalue weighted by Crippen LogP contribution is 2.28. The van der Waals surface area contributed by atoms with Gasteiger partial charge >= 0.3 is 0 Å². The minimum atomic E-state index is -0.677. The first-order chi connectivity index (χ1) is 14.8. The molecule has 0 aliphatic heterocycles. The number of para-hydroxylation sites is 1. The number of rotatable bonds is 6. The summed E-state index contributed by atoms with van der Waals surface area (Å²) in [6, 6.07) is 20.2. The van der Waals surface area contributed by atoms with Gasteiger partial charge in [0.05, 0.1) is 0 Å². The second-order valence-corrected chi connectivity index (χ2v) is 8.31. The molecular formula is C25H25BrN2O3. The van der Waals surface area contributed by atoms with Gasteiger partial charge in [-0.05, 0) is 80.4 Å². The molecule has 0 aromatic heterocycles. The summed E-state index contributed by atoms with van der Waals surface area (Å²) in [7, 11) is 1.73. The van der Waals surface area contributed by atoms with Crippen molar-refractivity contribution >= 4 is 39.1 Å². The van der Waals surface area contributed by atoms with Gasteiger partial charge in [0.15, 0.2) is 6.10 Å². The molecule has 0 radical (unpaired) electrons. The Labute approximate surface area is 191 Å². The van der Waals surface area contributed by atoms with E-state index in [2.05, 4.69) is 21.2 Å². The molecule has 31 heavy (non-hydrogen) atoms. The van der Waals surface area contributed by atoms with Crippen LogP contribution in [0.5, 0.6) is 5.75 Å². The third kappa shape index (κ3) is 5.52. The first kappa shape index (κ1) is 22.6. The van der Waals surface area contributed by atoms with Gasteiger partial charge < -0.3 is 15.0 Å². The third-order valence-electron chi connectivity index (χ3n) is 4.94. The lowest BCUT2D eigenvalue weighted by Crippen LogP contribution is -2.30. The SMILES string of the molecule is Cc1cc(Br)cc(C)c1OC(C)C(=O)Nc1ccc(C(=O)N(C)c2ccccc2)cc1. The predicted octanol–water partition coefficient (Wildman–Crippen LogP) is 5.75. The van der Waals surface area contributed by atoms with Crippen molar-refractivity contribution in [3.8, 4) is 5.75 Å². The number of carbonyl (C=O) groups excluding carboxylic acids is 2. The molecule has 0 aliphatic carbocycles. The fraction of sp³-hybridized carbons (Fsp3) is 0.200. The number of anilines is 2. The van der Waals surface area contributed by atoms with Crippen LogP contribution in [-0.4, -0.2) is 25.0 Å². The second kappa shape index (κ2) is 9.79. The summed E-state index contributed by atoms with van der Waals surface area (Å²) in [6.07, 6.45) is -0.677. The lowest BCUT2D eigenvalue weighted by molar-refractivity contribution is -0.122. The van der Waals surface area contributed by atoms with E-state index in [9.17, 15) is 9.59 Å². The molecular weight excluding hydrogens is 456 g/mol. The van der Waals surface area contributed by atoms with Crippen molar-refractivity contribution in [2.45, 2.75) is 26.9 Å². The van der Waals surface area contributed by atoms with E-state index < -0.39 is 6.10 Å². The highest BCUT2D eigenvalue weighted by Gasteiger charge is 2.18. The van der Waals surface area contributed by atoms with Gasteiger partial charge in [-0.25, -0.2) is 0 Å². The molecule has 6 heteroatoms. The van der Waals surface area contributed by atoms with Gasteiger partial charge in [-0.3, -0.25) is 9.59 Å². The molecule has 0 saturated carbocycles.